The van der Waals surface area contributed by atoms with Crippen LogP contribution in [0.15, 0.2) is 78.9 Å². The molecule has 0 unspecified atom stereocenters. The van der Waals surface area contributed by atoms with E-state index in [0.717, 1.165) is 22.4 Å². The van der Waals surface area contributed by atoms with Crippen molar-refractivity contribution >= 4 is 5.97 Å². The average Bonchev–Trinajstić information content (AvgIpc) is 2.61. The molecule has 0 amide bonds. The smallest absolute Gasteiger partial charge is 0.308 e. The van der Waals surface area contributed by atoms with E-state index in [1.807, 2.05) is 72.8 Å². The Morgan fingerprint density at radius 1 is 0.875 bits per heavy atom. The van der Waals surface area contributed by atoms with Crippen LogP contribution in [0.3, 0.4) is 0 Å². The second kappa shape index (κ2) is 7.47. The van der Waals surface area contributed by atoms with Crippen LogP contribution in [0.2, 0.25) is 0 Å². The molecule has 0 bridgehead atoms. The SMILES string of the molecule is CC(=O)Oc1cccc(-c2ccccc2OCc2ccccc2)c1. The Bertz CT molecular complexity index is 825. The molecule has 3 nitrogen and oxygen atoms in total. The monoisotopic (exact) mass is 318 g/mol. The first-order chi connectivity index (χ1) is 11.7. The summed E-state index contributed by atoms with van der Waals surface area (Å²) in [6, 6.07) is 25.3. The maximum absolute atomic E-state index is 11.1. The van der Waals surface area contributed by atoms with Gasteiger partial charge in [0.05, 0.1) is 0 Å². The summed E-state index contributed by atoms with van der Waals surface area (Å²) in [5.41, 5.74) is 3.01. The molecule has 0 aliphatic rings. The molecule has 0 N–H and O–H groups in total. The molecule has 0 fully saturated rings. The quantitative estimate of drug-likeness (QED) is 0.498. The molecule has 0 heterocycles. The number of rotatable bonds is 5. The van der Waals surface area contributed by atoms with Gasteiger partial charge < -0.3 is 9.47 Å². The van der Waals surface area contributed by atoms with E-state index in [4.69, 9.17) is 9.47 Å². The summed E-state index contributed by atoms with van der Waals surface area (Å²) in [4.78, 5) is 11.1. The van der Waals surface area contributed by atoms with Crippen molar-refractivity contribution in [2.45, 2.75) is 13.5 Å². The number of para-hydroxylation sites is 1. The fraction of sp³-hybridized carbons (Fsp3) is 0.0952. The molecule has 24 heavy (non-hydrogen) atoms. The van der Waals surface area contributed by atoms with Crippen LogP contribution in [0.25, 0.3) is 11.1 Å². The Balaban J connectivity index is 1.85. The fourth-order valence-corrected chi connectivity index (χ4v) is 2.46. The second-order valence-corrected chi connectivity index (χ2v) is 5.39. The number of hydrogen-bond donors (Lipinski definition) is 0. The summed E-state index contributed by atoms with van der Waals surface area (Å²) in [6.45, 7) is 1.89. The first-order valence-electron chi connectivity index (χ1n) is 7.77. The minimum atomic E-state index is -0.333. The molecule has 0 aromatic heterocycles. The summed E-state index contributed by atoms with van der Waals surface area (Å²) in [5, 5.41) is 0. The van der Waals surface area contributed by atoms with Crippen LogP contribution in [-0.4, -0.2) is 5.97 Å². The fourth-order valence-electron chi connectivity index (χ4n) is 2.46. The van der Waals surface area contributed by atoms with Crippen molar-refractivity contribution in [2.24, 2.45) is 0 Å². The van der Waals surface area contributed by atoms with Gasteiger partial charge in [-0.3, -0.25) is 4.79 Å². The van der Waals surface area contributed by atoms with Gasteiger partial charge in [-0.25, -0.2) is 0 Å². The van der Waals surface area contributed by atoms with Gasteiger partial charge in [0.2, 0.25) is 0 Å². The minimum absolute atomic E-state index is 0.333. The van der Waals surface area contributed by atoms with Crippen LogP contribution < -0.4 is 9.47 Å². The van der Waals surface area contributed by atoms with E-state index >= 15 is 0 Å². The van der Waals surface area contributed by atoms with Crippen LogP contribution >= 0.6 is 0 Å². The van der Waals surface area contributed by atoms with Crippen LogP contribution in [0.5, 0.6) is 11.5 Å². The summed E-state index contributed by atoms with van der Waals surface area (Å²) in [5.74, 6) is 0.986. The third kappa shape index (κ3) is 4.02. The highest BCUT2D eigenvalue weighted by atomic mass is 16.5. The lowest BCUT2D eigenvalue weighted by atomic mass is 10.0. The van der Waals surface area contributed by atoms with Gasteiger partial charge in [-0.1, -0.05) is 60.7 Å². The Hall–Kier alpha value is -3.07. The van der Waals surface area contributed by atoms with Crippen molar-refractivity contribution in [1.82, 2.24) is 0 Å². The van der Waals surface area contributed by atoms with E-state index in [9.17, 15) is 4.79 Å². The maximum Gasteiger partial charge on any atom is 0.308 e. The van der Waals surface area contributed by atoms with Crippen molar-refractivity contribution in [3.05, 3.63) is 84.4 Å². The lowest BCUT2D eigenvalue weighted by molar-refractivity contribution is -0.131. The molecule has 3 rings (SSSR count). The minimum Gasteiger partial charge on any atom is -0.488 e. The zero-order valence-electron chi connectivity index (χ0n) is 13.4. The zero-order chi connectivity index (χ0) is 16.8. The Morgan fingerprint density at radius 3 is 2.42 bits per heavy atom. The van der Waals surface area contributed by atoms with Gasteiger partial charge in [0, 0.05) is 12.5 Å². The molecule has 3 heteroatoms. The number of benzene rings is 3. The molecule has 0 radical (unpaired) electrons. The van der Waals surface area contributed by atoms with Gasteiger partial charge >= 0.3 is 5.97 Å². The van der Waals surface area contributed by atoms with E-state index in [0.29, 0.717) is 12.4 Å². The van der Waals surface area contributed by atoms with Crippen molar-refractivity contribution < 1.29 is 14.3 Å². The van der Waals surface area contributed by atoms with E-state index in [1.54, 1.807) is 6.07 Å². The first kappa shape index (κ1) is 15.8. The topological polar surface area (TPSA) is 35.5 Å². The van der Waals surface area contributed by atoms with E-state index in [1.165, 1.54) is 6.92 Å². The summed E-state index contributed by atoms with van der Waals surface area (Å²) >= 11 is 0. The normalized spacial score (nSPS) is 10.2. The van der Waals surface area contributed by atoms with Crippen molar-refractivity contribution in [1.29, 1.82) is 0 Å². The predicted molar refractivity (Wildman–Crippen MR) is 94.0 cm³/mol. The molecular formula is C21H18O3. The summed E-state index contributed by atoms with van der Waals surface area (Å²) in [6.07, 6.45) is 0. The third-order valence-corrected chi connectivity index (χ3v) is 3.53. The lowest BCUT2D eigenvalue weighted by Gasteiger charge is -2.12. The predicted octanol–water partition coefficient (Wildman–Crippen LogP) is 4.86. The van der Waals surface area contributed by atoms with Gasteiger partial charge in [-0.15, -0.1) is 0 Å². The molecule has 0 atom stereocenters. The maximum atomic E-state index is 11.1. The van der Waals surface area contributed by atoms with Crippen LogP contribution in [0.4, 0.5) is 0 Å². The lowest BCUT2D eigenvalue weighted by Crippen LogP contribution is -2.01. The molecule has 3 aromatic carbocycles. The number of carbonyl (C=O) groups excluding carboxylic acids is 1. The summed E-state index contributed by atoms with van der Waals surface area (Å²) in [7, 11) is 0. The average molecular weight is 318 g/mol. The molecule has 0 aliphatic heterocycles. The highest BCUT2D eigenvalue weighted by molar-refractivity contribution is 5.74. The molecule has 0 saturated carbocycles. The van der Waals surface area contributed by atoms with Crippen molar-refractivity contribution in [2.75, 3.05) is 0 Å². The standard InChI is InChI=1S/C21H18O3/c1-16(22)24-19-11-7-10-18(14-19)20-12-5-6-13-21(20)23-15-17-8-3-2-4-9-17/h2-14H,15H2,1H3. The molecule has 0 aliphatic carbocycles. The van der Waals surface area contributed by atoms with Crippen molar-refractivity contribution in [3.8, 4) is 22.6 Å². The molecule has 0 spiro atoms. The number of esters is 1. The second-order valence-electron chi connectivity index (χ2n) is 5.39. The van der Waals surface area contributed by atoms with Gasteiger partial charge in [0.25, 0.3) is 0 Å². The van der Waals surface area contributed by atoms with Gasteiger partial charge in [-0.05, 0) is 29.3 Å². The Labute approximate surface area is 141 Å². The highest BCUT2D eigenvalue weighted by Crippen LogP contribution is 2.32. The Morgan fingerprint density at radius 2 is 1.62 bits per heavy atom. The molecule has 120 valence electrons. The van der Waals surface area contributed by atoms with Crippen LogP contribution in [-0.2, 0) is 11.4 Å². The van der Waals surface area contributed by atoms with Crippen LogP contribution in [0.1, 0.15) is 12.5 Å². The number of carbonyl (C=O) groups is 1. The molecule has 0 saturated heterocycles. The highest BCUT2D eigenvalue weighted by Gasteiger charge is 2.08. The van der Waals surface area contributed by atoms with Crippen LogP contribution in [0, 0.1) is 0 Å². The number of hydrogen-bond acceptors (Lipinski definition) is 3. The van der Waals surface area contributed by atoms with E-state index in [2.05, 4.69) is 0 Å². The van der Waals surface area contributed by atoms with Crippen molar-refractivity contribution in [3.63, 3.8) is 0 Å². The van der Waals surface area contributed by atoms with Gasteiger partial charge in [0.15, 0.2) is 0 Å². The molecule has 3 aromatic rings. The van der Waals surface area contributed by atoms with Gasteiger partial charge in [-0.2, -0.15) is 0 Å². The molecular weight excluding hydrogens is 300 g/mol. The largest absolute Gasteiger partial charge is 0.488 e. The zero-order valence-corrected chi connectivity index (χ0v) is 13.4. The number of ether oxygens (including phenoxy) is 2. The van der Waals surface area contributed by atoms with Gasteiger partial charge in [0.1, 0.15) is 18.1 Å². The van der Waals surface area contributed by atoms with E-state index in [-0.39, 0.29) is 5.97 Å². The Kier molecular flexibility index (Phi) is 4.92. The van der Waals surface area contributed by atoms with E-state index < -0.39 is 0 Å². The third-order valence-electron chi connectivity index (χ3n) is 3.53. The first-order valence-corrected chi connectivity index (χ1v) is 7.77. The summed E-state index contributed by atoms with van der Waals surface area (Å²) < 4.78 is 11.2.